The smallest absolute Gasteiger partial charge is 0.415 e. The van der Waals surface area contributed by atoms with Gasteiger partial charge in [-0.2, -0.15) is 0 Å². The summed E-state index contributed by atoms with van der Waals surface area (Å²) in [5.74, 6) is 0.195. The molecule has 9 nitrogen and oxygen atoms in total. The Morgan fingerprint density at radius 1 is 0.895 bits per heavy atom. The average Bonchev–Trinajstić information content (AvgIpc) is 3.44. The highest BCUT2D eigenvalue weighted by molar-refractivity contribution is 6.10. The third-order valence-corrected chi connectivity index (χ3v) is 6.12. The molecule has 0 saturated carbocycles. The van der Waals surface area contributed by atoms with Crippen molar-refractivity contribution in [3.63, 3.8) is 0 Å². The Bertz CT molecular complexity index is 1200. The number of hydrogen-bond donors (Lipinski definition) is 1. The number of likely N-dealkylation sites (tertiary alicyclic amines) is 1. The molecule has 0 spiro atoms. The van der Waals surface area contributed by atoms with Gasteiger partial charge in [0.25, 0.3) is 0 Å². The zero-order valence-corrected chi connectivity index (χ0v) is 22.0. The second-order valence-corrected chi connectivity index (χ2v) is 8.96. The fraction of sp³-hybridized carbons (Fsp3) is 0.345. The summed E-state index contributed by atoms with van der Waals surface area (Å²) >= 11 is 0. The lowest BCUT2D eigenvalue weighted by Crippen LogP contribution is -2.36. The van der Waals surface area contributed by atoms with Gasteiger partial charge in [0.1, 0.15) is 0 Å². The molecule has 1 saturated heterocycles. The van der Waals surface area contributed by atoms with Gasteiger partial charge in [-0.25, -0.2) is 4.79 Å². The number of phenolic OH excluding ortho intramolecular Hbond substituents is 1. The van der Waals surface area contributed by atoms with E-state index < -0.39 is 6.09 Å². The van der Waals surface area contributed by atoms with Crippen LogP contribution >= 0.6 is 0 Å². The maximum atomic E-state index is 12.5. The second-order valence-electron chi connectivity index (χ2n) is 8.96. The first kappa shape index (κ1) is 28.5. The number of ketones is 2. The molecule has 0 aliphatic carbocycles. The molecule has 38 heavy (non-hydrogen) atoms. The Labute approximate surface area is 222 Å². The van der Waals surface area contributed by atoms with Crippen LogP contribution in [0.5, 0.6) is 23.0 Å². The van der Waals surface area contributed by atoms with Crippen molar-refractivity contribution in [1.29, 1.82) is 0 Å². The number of likely N-dealkylation sites (N-methyl/N-ethyl adjacent to an activating group) is 1. The number of ether oxygens (including phenoxy) is 3. The number of amides is 1. The zero-order chi connectivity index (χ0) is 27.5. The van der Waals surface area contributed by atoms with E-state index in [1.807, 2.05) is 0 Å². The minimum atomic E-state index is -0.474. The third-order valence-electron chi connectivity index (χ3n) is 6.12. The van der Waals surface area contributed by atoms with Gasteiger partial charge in [-0.1, -0.05) is 24.3 Å². The van der Waals surface area contributed by atoms with E-state index in [0.29, 0.717) is 29.2 Å². The molecule has 2 aromatic carbocycles. The molecule has 1 aliphatic rings. The lowest BCUT2D eigenvalue weighted by atomic mass is 10.1. The van der Waals surface area contributed by atoms with Crippen molar-refractivity contribution in [2.45, 2.75) is 19.3 Å². The first-order valence-electron chi connectivity index (χ1n) is 12.4. The molecule has 0 aromatic heterocycles. The van der Waals surface area contributed by atoms with Gasteiger partial charge in [0.05, 0.1) is 20.6 Å². The summed E-state index contributed by atoms with van der Waals surface area (Å²) in [7, 11) is 4.60. The van der Waals surface area contributed by atoms with Crippen molar-refractivity contribution >= 4 is 29.8 Å². The summed E-state index contributed by atoms with van der Waals surface area (Å²) in [6.45, 7) is 3.51. The third kappa shape index (κ3) is 8.48. The Morgan fingerprint density at radius 3 is 2.08 bits per heavy atom. The van der Waals surface area contributed by atoms with Crippen LogP contribution in [0.15, 0.2) is 48.6 Å². The fourth-order valence-corrected chi connectivity index (χ4v) is 3.90. The standard InChI is InChI=1S/C29H34N2O7/c1-30(16-17-31-14-4-5-15-31)29(35)38-26-13-9-22(19-28(26)37-3)7-11-24(33)20-23(32)10-6-21-8-12-25(34)27(18-21)36-2/h6-13,18-19,34H,4-5,14-17,20H2,1-3H3/b10-6+,11-7+. The summed E-state index contributed by atoms with van der Waals surface area (Å²) in [5, 5.41) is 9.65. The first-order valence-corrected chi connectivity index (χ1v) is 12.4. The van der Waals surface area contributed by atoms with Gasteiger partial charge >= 0.3 is 6.09 Å². The first-order chi connectivity index (χ1) is 18.3. The number of phenols is 1. The summed E-state index contributed by atoms with van der Waals surface area (Å²) < 4.78 is 15.9. The number of carbonyl (C=O) groups excluding carboxylic acids is 3. The molecule has 0 atom stereocenters. The Hall–Kier alpha value is -4.11. The number of aromatic hydroxyl groups is 1. The van der Waals surface area contributed by atoms with E-state index in [9.17, 15) is 19.5 Å². The van der Waals surface area contributed by atoms with Crippen molar-refractivity contribution in [3.8, 4) is 23.0 Å². The van der Waals surface area contributed by atoms with Gasteiger partial charge in [-0.15, -0.1) is 0 Å². The highest BCUT2D eigenvalue weighted by Crippen LogP contribution is 2.29. The zero-order valence-electron chi connectivity index (χ0n) is 22.0. The minimum absolute atomic E-state index is 0.000583. The molecule has 1 aliphatic heterocycles. The second kappa shape index (κ2) is 14.0. The summed E-state index contributed by atoms with van der Waals surface area (Å²) in [5.41, 5.74) is 1.30. The predicted molar refractivity (Wildman–Crippen MR) is 145 cm³/mol. The molecule has 1 heterocycles. The molecule has 1 amide bonds. The molecular weight excluding hydrogens is 488 g/mol. The molecule has 202 valence electrons. The van der Waals surface area contributed by atoms with Gasteiger partial charge in [0.2, 0.25) is 0 Å². The Kier molecular flexibility index (Phi) is 10.5. The highest BCUT2D eigenvalue weighted by atomic mass is 16.6. The quantitative estimate of drug-likeness (QED) is 0.327. The Balaban J connectivity index is 1.52. The van der Waals surface area contributed by atoms with Crippen LogP contribution in [0.4, 0.5) is 4.79 Å². The van der Waals surface area contributed by atoms with Crippen molar-refractivity contribution in [1.82, 2.24) is 9.80 Å². The Morgan fingerprint density at radius 2 is 1.47 bits per heavy atom. The van der Waals surface area contributed by atoms with Crippen LogP contribution in [0.3, 0.4) is 0 Å². The number of nitrogens with zero attached hydrogens (tertiary/aromatic N) is 2. The van der Waals surface area contributed by atoms with E-state index in [4.69, 9.17) is 14.2 Å². The molecule has 9 heteroatoms. The van der Waals surface area contributed by atoms with Gasteiger partial charge in [-0.05, 0) is 73.5 Å². The largest absolute Gasteiger partial charge is 0.504 e. The fourth-order valence-electron chi connectivity index (χ4n) is 3.90. The van der Waals surface area contributed by atoms with Crippen LogP contribution in [0.2, 0.25) is 0 Å². The molecule has 0 bridgehead atoms. The van der Waals surface area contributed by atoms with E-state index in [1.54, 1.807) is 49.5 Å². The number of rotatable bonds is 12. The minimum Gasteiger partial charge on any atom is -0.504 e. The number of hydrogen-bond acceptors (Lipinski definition) is 8. The van der Waals surface area contributed by atoms with Crippen LogP contribution in [0.1, 0.15) is 30.4 Å². The maximum Gasteiger partial charge on any atom is 0.415 e. The summed E-state index contributed by atoms with van der Waals surface area (Å²) in [4.78, 5) is 40.8. The number of carbonyl (C=O) groups is 3. The van der Waals surface area contributed by atoms with Crippen LogP contribution in [0.25, 0.3) is 12.2 Å². The van der Waals surface area contributed by atoms with Crippen LogP contribution < -0.4 is 14.2 Å². The number of allylic oxidation sites excluding steroid dienone is 2. The van der Waals surface area contributed by atoms with Crippen LogP contribution in [-0.2, 0) is 9.59 Å². The molecular formula is C29H34N2O7. The average molecular weight is 523 g/mol. The normalized spacial score (nSPS) is 13.7. The summed E-state index contributed by atoms with van der Waals surface area (Å²) in [6.07, 6.45) is 7.38. The topological polar surface area (TPSA) is 106 Å². The molecule has 1 N–H and O–H groups in total. The summed E-state index contributed by atoms with van der Waals surface area (Å²) in [6, 6.07) is 9.63. The lowest BCUT2D eigenvalue weighted by molar-refractivity contribution is -0.121. The van der Waals surface area contributed by atoms with Crippen molar-refractivity contribution in [3.05, 3.63) is 59.7 Å². The van der Waals surface area contributed by atoms with Crippen molar-refractivity contribution < 1.29 is 33.7 Å². The van der Waals surface area contributed by atoms with Gasteiger partial charge in [-0.3, -0.25) is 9.59 Å². The molecule has 0 unspecified atom stereocenters. The van der Waals surface area contributed by atoms with E-state index in [1.165, 1.54) is 50.2 Å². The van der Waals surface area contributed by atoms with Gasteiger partial charge in [0.15, 0.2) is 34.6 Å². The number of benzene rings is 2. The van der Waals surface area contributed by atoms with E-state index in [0.717, 1.165) is 19.6 Å². The van der Waals surface area contributed by atoms with Gasteiger partial charge < -0.3 is 29.1 Å². The van der Waals surface area contributed by atoms with Gasteiger partial charge in [0, 0.05) is 20.1 Å². The predicted octanol–water partition coefficient (Wildman–Crippen LogP) is 4.19. The molecule has 3 rings (SSSR count). The van der Waals surface area contributed by atoms with E-state index in [2.05, 4.69) is 4.90 Å². The lowest BCUT2D eigenvalue weighted by Gasteiger charge is -2.21. The van der Waals surface area contributed by atoms with E-state index in [-0.39, 0.29) is 29.5 Å². The number of methoxy groups -OCH3 is 2. The maximum absolute atomic E-state index is 12.5. The molecule has 2 aromatic rings. The van der Waals surface area contributed by atoms with Crippen molar-refractivity contribution in [2.24, 2.45) is 0 Å². The molecule has 1 fully saturated rings. The monoisotopic (exact) mass is 522 g/mol. The van der Waals surface area contributed by atoms with Crippen LogP contribution in [0, 0.1) is 0 Å². The SMILES string of the molecule is COc1cc(/C=C/C(=O)CC(=O)/C=C/c2ccc(OC(=O)N(C)CCN3CCCC3)c(OC)c2)ccc1O. The van der Waals surface area contributed by atoms with Crippen LogP contribution in [-0.4, -0.2) is 80.0 Å². The van der Waals surface area contributed by atoms with Crippen molar-refractivity contribution in [2.75, 3.05) is 47.4 Å². The van der Waals surface area contributed by atoms with E-state index >= 15 is 0 Å². The highest BCUT2D eigenvalue weighted by Gasteiger charge is 2.17. The molecule has 0 radical (unpaired) electrons.